The fourth-order valence-electron chi connectivity index (χ4n) is 2.05. The van der Waals surface area contributed by atoms with E-state index in [1.165, 1.54) is 57.7 Å². The molecular weight excluding hydrogens is 327 g/mol. The number of Topliss-reactive ketones (excluding diaryl/α,β-unsaturated/α-hetero) is 1. The second-order valence-electron chi connectivity index (χ2n) is 4.79. The second kappa shape index (κ2) is 8.60. The van der Waals surface area contributed by atoms with Crippen molar-refractivity contribution in [1.29, 1.82) is 0 Å². The molecule has 0 aromatic heterocycles. The fraction of sp³-hybridized carbons (Fsp3) is 0.211. The molecule has 0 bridgehead atoms. The van der Waals surface area contributed by atoms with Crippen LogP contribution in [0, 0.1) is 17.7 Å². The van der Waals surface area contributed by atoms with Gasteiger partial charge in [-0.3, -0.25) is 4.79 Å². The zero-order valence-corrected chi connectivity index (χ0v) is 14.1. The lowest BCUT2D eigenvalue weighted by Gasteiger charge is -2.12. The fourth-order valence-corrected chi connectivity index (χ4v) is 2.05. The van der Waals surface area contributed by atoms with Crippen LogP contribution < -0.4 is 18.9 Å². The van der Waals surface area contributed by atoms with Gasteiger partial charge in [-0.1, -0.05) is 5.92 Å². The number of halogens is 1. The smallest absolute Gasteiger partial charge is 0.236 e. The number of carbonyl (C=O) groups is 1. The van der Waals surface area contributed by atoms with Gasteiger partial charge < -0.3 is 18.9 Å². The third-order valence-electron chi connectivity index (χ3n) is 3.25. The van der Waals surface area contributed by atoms with E-state index in [1.54, 1.807) is 0 Å². The van der Waals surface area contributed by atoms with E-state index in [9.17, 15) is 9.18 Å². The van der Waals surface area contributed by atoms with Crippen LogP contribution in [0.3, 0.4) is 0 Å². The molecule has 0 spiro atoms. The number of rotatable bonds is 6. The summed E-state index contributed by atoms with van der Waals surface area (Å²) in [5.41, 5.74) is 0.309. The molecule has 0 radical (unpaired) electrons. The molecule has 0 aliphatic carbocycles. The topological polar surface area (TPSA) is 54.0 Å². The first-order valence-corrected chi connectivity index (χ1v) is 7.30. The summed E-state index contributed by atoms with van der Waals surface area (Å²) < 4.78 is 33.7. The molecule has 2 aromatic rings. The first-order chi connectivity index (χ1) is 12.1. The number of ketones is 1. The summed E-state index contributed by atoms with van der Waals surface area (Å²) in [6, 6.07) is 8.59. The molecule has 0 heterocycles. The number of ether oxygens (including phenoxy) is 4. The van der Waals surface area contributed by atoms with Gasteiger partial charge in [0.1, 0.15) is 18.2 Å². The Morgan fingerprint density at radius 3 is 2.12 bits per heavy atom. The molecule has 130 valence electrons. The molecule has 0 aliphatic heterocycles. The molecule has 2 aromatic carbocycles. The summed E-state index contributed by atoms with van der Waals surface area (Å²) in [6.07, 6.45) is 0. The van der Waals surface area contributed by atoms with Crippen LogP contribution >= 0.6 is 0 Å². The second-order valence-corrected chi connectivity index (χ2v) is 4.79. The van der Waals surface area contributed by atoms with Crippen molar-refractivity contribution in [2.24, 2.45) is 0 Å². The number of hydrogen-bond acceptors (Lipinski definition) is 5. The molecule has 0 N–H and O–H groups in total. The van der Waals surface area contributed by atoms with Crippen molar-refractivity contribution >= 4 is 5.78 Å². The zero-order valence-electron chi connectivity index (χ0n) is 14.1. The SMILES string of the molecule is COc1cc(C(=O)C#CCOc2ccc(F)cc2)cc(OC)c1OC. The van der Waals surface area contributed by atoms with E-state index in [-0.39, 0.29) is 12.4 Å². The van der Waals surface area contributed by atoms with Crippen LogP contribution in [0.1, 0.15) is 10.4 Å². The van der Waals surface area contributed by atoms with E-state index >= 15 is 0 Å². The maximum Gasteiger partial charge on any atom is 0.236 e. The highest BCUT2D eigenvalue weighted by molar-refractivity contribution is 6.09. The van der Waals surface area contributed by atoms with Crippen LogP contribution in [0.4, 0.5) is 4.39 Å². The van der Waals surface area contributed by atoms with Gasteiger partial charge in [0.2, 0.25) is 11.5 Å². The van der Waals surface area contributed by atoms with Crippen molar-refractivity contribution in [3.05, 3.63) is 47.8 Å². The Kier molecular flexibility index (Phi) is 6.24. The van der Waals surface area contributed by atoms with E-state index in [2.05, 4.69) is 11.8 Å². The highest BCUT2D eigenvalue weighted by Gasteiger charge is 2.15. The van der Waals surface area contributed by atoms with E-state index in [4.69, 9.17) is 18.9 Å². The molecule has 0 unspecified atom stereocenters. The summed E-state index contributed by atoms with van der Waals surface area (Å²) in [6.45, 7) is 0.00178. The van der Waals surface area contributed by atoms with Crippen LogP contribution in [0.2, 0.25) is 0 Å². The normalized spacial score (nSPS) is 9.60. The molecule has 0 fully saturated rings. The van der Waals surface area contributed by atoms with Crippen LogP contribution in [0.25, 0.3) is 0 Å². The minimum Gasteiger partial charge on any atom is -0.493 e. The molecule has 0 saturated heterocycles. The van der Waals surface area contributed by atoms with Gasteiger partial charge in [0.05, 0.1) is 21.3 Å². The summed E-state index contributed by atoms with van der Waals surface area (Å²) in [4.78, 5) is 12.2. The quantitative estimate of drug-likeness (QED) is 0.458. The zero-order chi connectivity index (χ0) is 18.2. The van der Waals surface area contributed by atoms with Crippen LogP contribution in [0.15, 0.2) is 36.4 Å². The molecule has 25 heavy (non-hydrogen) atoms. The first kappa shape index (κ1) is 18.1. The van der Waals surface area contributed by atoms with Crippen LogP contribution in [-0.4, -0.2) is 33.7 Å². The van der Waals surface area contributed by atoms with Gasteiger partial charge >= 0.3 is 0 Å². The van der Waals surface area contributed by atoms with E-state index in [0.29, 0.717) is 28.6 Å². The third-order valence-corrected chi connectivity index (χ3v) is 3.25. The molecule has 0 atom stereocenters. The molecule has 5 nitrogen and oxygen atoms in total. The van der Waals surface area contributed by atoms with E-state index in [1.807, 2.05) is 0 Å². The van der Waals surface area contributed by atoms with Crippen molar-refractivity contribution in [3.63, 3.8) is 0 Å². The Bertz CT molecular complexity index is 778. The summed E-state index contributed by atoms with van der Waals surface area (Å²) in [5, 5.41) is 0. The van der Waals surface area contributed by atoms with Gasteiger partial charge in [-0.05, 0) is 42.3 Å². The van der Waals surface area contributed by atoms with E-state index in [0.717, 1.165) is 0 Å². The minimum atomic E-state index is -0.415. The Balaban J connectivity index is 2.09. The average Bonchev–Trinajstić information content (AvgIpc) is 2.65. The molecule has 6 heteroatoms. The lowest BCUT2D eigenvalue weighted by Crippen LogP contribution is -2.01. The number of carbonyl (C=O) groups excluding carboxylic acids is 1. The minimum absolute atomic E-state index is 0.00178. The van der Waals surface area contributed by atoms with Crippen molar-refractivity contribution in [3.8, 4) is 34.8 Å². The van der Waals surface area contributed by atoms with Gasteiger partial charge in [0, 0.05) is 5.56 Å². The number of benzene rings is 2. The Hall–Kier alpha value is -3.20. The van der Waals surface area contributed by atoms with Gasteiger partial charge in [-0.25, -0.2) is 4.39 Å². The van der Waals surface area contributed by atoms with Gasteiger partial charge in [-0.15, -0.1) is 0 Å². The van der Waals surface area contributed by atoms with Gasteiger partial charge in [0.15, 0.2) is 11.5 Å². The lowest BCUT2D eigenvalue weighted by molar-refractivity contribution is 0.105. The summed E-state index contributed by atoms with van der Waals surface area (Å²) >= 11 is 0. The highest BCUT2D eigenvalue weighted by atomic mass is 19.1. The van der Waals surface area contributed by atoms with Crippen molar-refractivity contribution in [1.82, 2.24) is 0 Å². The molecule has 2 rings (SSSR count). The Morgan fingerprint density at radius 1 is 1.00 bits per heavy atom. The Labute approximate surface area is 145 Å². The lowest BCUT2D eigenvalue weighted by atomic mass is 10.1. The molecule has 0 aliphatic rings. The van der Waals surface area contributed by atoms with Gasteiger partial charge in [0.25, 0.3) is 0 Å². The van der Waals surface area contributed by atoms with Crippen LogP contribution in [0.5, 0.6) is 23.0 Å². The maximum absolute atomic E-state index is 12.8. The van der Waals surface area contributed by atoms with Gasteiger partial charge in [-0.2, -0.15) is 0 Å². The number of methoxy groups -OCH3 is 3. The highest BCUT2D eigenvalue weighted by Crippen LogP contribution is 2.38. The van der Waals surface area contributed by atoms with Crippen molar-refractivity contribution in [2.75, 3.05) is 27.9 Å². The maximum atomic E-state index is 12.8. The third kappa shape index (κ3) is 4.64. The predicted molar refractivity (Wildman–Crippen MR) is 90.1 cm³/mol. The standard InChI is InChI=1S/C19H17FO5/c1-22-17-11-13(12-18(23-2)19(17)24-3)16(21)5-4-10-25-15-8-6-14(20)7-9-15/h6-9,11-12H,10H2,1-3H3. The van der Waals surface area contributed by atoms with Crippen LogP contribution in [-0.2, 0) is 0 Å². The van der Waals surface area contributed by atoms with Crippen molar-refractivity contribution < 1.29 is 28.1 Å². The van der Waals surface area contributed by atoms with E-state index < -0.39 is 5.78 Å². The largest absolute Gasteiger partial charge is 0.493 e. The van der Waals surface area contributed by atoms with Crippen molar-refractivity contribution in [2.45, 2.75) is 0 Å². The number of hydrogen-bond donors (Lipinski definition) is 0. The molecular formula is C19H17FO5. The first-order valence-electron chi connectivity index (χ1n) is 7.30. The average molecular weight is 344 g/mol. The predicted octanol–water partition coefficient (Wildman–Crippen LogP) is 3.12. The monoisotopic (exact) mass is 344 g/mol. The summed E-state index contributed by atoms with van der Waals surface area (Å²) in [5.74, 6) is 5.94. The molecule has 0 amide bonds. The Morgan fingerprint density at radius 2 is 1.60 bits per heavy atom. The molecule has 0 saturated carbocycles. The summed E-state index contributed by atoms with van der Waals surface area (Å²) in [7, 11) is 4.41.